The van der Waals surface area contributed by atoms with Crippen LogP contribution in [0.15, 0.2) is 29.3 Å². The van der Waals surface area contributed by atoms with E-state index >= 15 is 0 Å². The van der Waals surface area contributed by atoms with Gasteiger partial charge in [-0.3, -0.25) is 9.69 Å². The zero-order chi connectivity index (χ0) is 21.3. The van der Waals surface area contributed by atoms with Gasteiger partial charge in [0.1, 0.15) is 6.54 Å². The fraction of sp³-hybridized carbons (Fsp3) is 0.619. The average molecular weight is 437 g/mol. The third kappa shape index (κ3) is 7.04. The lowest BCUT2D eigenvalue weighted by atomic mass is 10.2. The van der Waals surface area contributed by atoms with Crippen molar-refractivity contribution in [3.63, 3.8) is 0 Å². The van der Waals surface area contributed by atoms with Gasteiger partial charge in [0.25, 0.3) is 0 Å². The number of amides is 1. The molecule has 1 aromatic rings. The molecule has 0 radical (unpaired) electrons. The molecule has 2 aliphatic rings. The summed E-state index contributed by atoms with van der Waals surface area (Å²) in [6.07, 6.45) is 0.998. The Kier molecular flexibility index (Phi) is 8.60. The van der Waals surface area contributed by atoms with E-state index in [9.17, 15) is 4.79 Å². The Morgan fingerprint density at radius 1 is 1.30 bits per heavy atom. The summed E-state index contributed by atoms with van der Waals surface area (Å²) in [5, 5.41) is 7.66. The van der Waals surface area contributed by atoms with Gasteiger partial charge in [-0.2, -0.15) is 0 Å². The number of nitrogens with zero attached hydrogens (tertiary/aromatic N) is 4. The molecule has 3 rings (SSSR count). The van der Waals surface area contributed by atoms with Crippen molar-refractivity contribution in [2.24, 2.45) is 4.99 Å². The number of likely N-dealkylation sites (N-methyl/N-ethyl adjacent to an activating group) is 1. The molecular formula is C21H33ClN6O2. The summed E-state index contributed by atoms with van der Waals surface area (Å²) < 4.78 is 5.40. The van der Waals surface area contributed by atoms with E-state index in [0.717, 1.165) is 69.6 Å². The molecule has 0 aromatic heterocycles. The number of anilines is 1. The number of hydrogen-bond donors (Lipinski definition) is 2. The second-order valence-electron chi connectivity index (χ2n) is 7.89. The van der Waals surface area contributed by atoms with Crippen LogP contribution in [0.3, 0.4) is 0 Å². The van der Waals surface area contributed by atoms with Crippen LogP contribution < -0.4 is 15.5 Å². The van der Waals surface area contributed by atoms with Crippen LogP contribution in [0.5, 0.6) is 0 Å². The smallest absolute Gasteiger partial charge is 0.243 e. The molecule has 2 heterocycles. The first-order valence-electron chi connectivity index (χ1n) is 10.6. The number of benzene rings is 1. The highest BCUT2D eigenvalue weighted by Crippen LogP contribution is 2.23. The first kappa shape index (κ1) is 22.7. The van der Waals surface area contributed by atoms with Crippen LogP contribution >= 0.6 is 11.6 Å². The van der Waals surface area contributed by atoms with Crippen LogP contribution in [0.1, 0.15) is 6.42 Å². The van der Waals surface area contributed by atoms with Crippen molar-refractivity contribution in [3.8, 4) is 0 Å². The molecule has 0 spiro atoms. The Balaban J connectivity index is 1.54. The second-order valence-corrected chi connectivity index (χ2v) is 8.33. The first-order chi connectivity index (χ1) is 14.5. The Hall–Kier alpha value is -2.03. The van der Waals surface area contributed by atoms with Crippen LogP contribution in [0, 0.1) is 0 Å². The van der Waals surface area contributed by atoms with Crippen LogP contribution in [-0.4, -0.2) is 101 Å². The Morgan fingerprint density at radius 2 is 2.10 bits per heavy atom. The van der Waals surface area contributed by atoms with Crippen LogP contribution in [-0.2, 0) is 9.53 Å². The van der Waals surface area contributed by atoms with E-state index in [0.29, 0.717) is 5.96 Å². The highest BCUT2D eigenvalue weighted by molar-refractivity contribution is 6.30. The van der Waals surface area contributed by atoms with Gasteiger partial charge < -0.3 is 25.2 Å². The number of hydrogen-bond acceptors (Lipinski definition) is 5. The summed E-state index contributed by atoms with van der Waals surface area (Å²) in [5.41, 5.74) is 1.13. The van der Waals surface area contributed by atoms with Crippen molar-refractivity contribution in [3.05, 3.63) is 29.3 Å². The summed E-state index contributed by atoms with van der Waals surface area (Å²) in [4.78, 5) is 22.8. The summed E-state index contributed by atoms with van der Waals surface area (Å²) in [6, 6.07) is 8.20. The number of halogens is 1. The van der Waals surface area contributed by atoms with Gasteiger partial charge >= 0.3 is 0 Å². The SMILES string of the molecule is CN(C)C(=O)CN=C(NCCN1CCOCC1)NC1CCN(c2cccc(Cl)c2)C1. The minimum atomic E-state index is -0.0174. The molecule has 1 aromatic carbocycles. The molecule has 1 unspecified atom stereocenters. The number of carbonyl (C=O) groups excluding carboxylic acids is 1. The molecule has 8 nitrogen and oxygen atoms in total. The third-order valence-corrected chi connectivity index (χ3v) is 5.63. The molecule has 2 fully saturated rings. The maximum absolute atomic E-state index is 12.0. The van der Waals surface area contributed by atoms with Crippen molar-refractivity contribution in [2.45, 2.75) is 12.5 Å². The van der Waals surface area contributed by atoms with E-state index < -0.39 is 0 Å². The number of morpholine rings is 1. The maximum atomic E-state index is 12.0. The second kappa shape index (κ2) is 11.4. The topological polar surface area (TPSA) is 72.4 Å². The van der Waals surface area contributed by atoms with Gasteiger partial charge in [-0.05, 0) is 24.6 Å². The molecule has 0 saturated carbocycles. The number of aliphatic imine (C=N–C) groups is 1. The first-order valence-corrected chi connectivity index (χ1v) is 10.9. The molecule has 1 atom stereocenters. The summed E-state index contributed by atoms with van der Waals surface area (Å²) in [5.74, 6) is 0.674. The zero-order valence-corrected chi connectivity index (χ0v) is 18.7. The van der Waals surface area contributed by atoms with Crippen molar-refractivity contribution >= 4 is 29.2 Å². The highest BCUT2D eigenvalue weighted by atomic mass is 35.5. The molecular weight excluding hydrogens is 404 g/mol. The largest absolute Gasteiger partial charge is 0.379 e. The Morgan fingerprint density at radius 3 is 2.83 bits per heavy atom. The Bertz CT molecular complexity index is 723. The summed E-state index contributed by atoms with van der Waals surface area (Å²) in [6.45, 7) is 7.13. The molecule has 2 saturated heterocycles. The van der Waals surface area contributed by atoms with Crippen molar-refractivity contribution in [1.82, 2.24) is 20.4 Å². The molecule has 9 heteroatoms. The highest BCUT2D eigenvalue weighted by Gasteiger charge is 2.24. The van der Waals surface area contributed by atoms with Gasteiger partial charge in [0.15, 0.2) is 5.96 Å². The van der Waals surface area contributed by atoms with E-state index in [4.69, 9.17) is 16.3 Å². The number of rotatable bonds is 7. The van der Waals surface area contributed by atoms with E-state index in [1.165, 1.54) is 0 Å². The minimum absolute atomic E-state index is 0.0174. The molecule has 30 heavy (non-hydrogen) atoms. The average Bonchev–Trinajstić information content (AvgIpc) is 3.21. The standard InChI is InChI=1S/C21H33ClN6O2/c1-26(2)20(29)15-24-21(23-7-9-27-10-12-30-13-11-27)25-18-6-8-28(16-18)19-5-3-4-17(22)14-19/h3-5,14,18H,6-13,15-16H2,1-2H3,(H2,23,24,25). The minimum Gasteiger partial charge on any atom is -0.379 e. The number of carbonyl (C=O) groups is 1. The fourth-order valence-electron chi connectivity index (χ4n) is 3.58. The molecule has 2 N–H and O–H groups in total. The number of guanidine groups is 1. The zero-order valence-electron chi connectivity index (χ0n) is 17.9. The van der Waals surface area contributed by atoms with E-state index in [2.05, 4.69) is 31.5 Å². The van der Waals surface area contributed by atoms with Gasteiger partial charge in [0, 0.05) is 70.1 Å². The summed E-state index contributed by atoms with van der Waals surface area (Å²) in [7, 11) is 3.49. The summed E-state index contributed by atoms with van der Waals surface area (Å²) >= 11 is 6.14. The van der Waals surface area contributed by atoms with Gasteiger partial charge in [0.2, 0.25) is 5.91 Å². The number of ether oxygens (including phenoxy) is 1. The van der Waals surface area contributed by atoms with Crippen molar-refractivity contribution in [2.75, 3.05) is 78.0 Å². The fourth-order valence-corrected chi connectivity index (χ4v) is 3.76. The maximum Gasteiger partial charge on any atom is 0.243 e. The monoisotopic (exact) mass is 436 g/mol. The quantitative estimate of drug-likeness (QED) is 0.488. The predicted molar refractivity (Wildman–Crippen MR) is 121 cm³/mol. The lowest BCUT2D eigenvalue weighted by Gasteiger charge is -2.27. The lowest BCUT2D eigenvalue weighted by molar-refractivity contribution is -0.127. The molecule has 0 aliphatic carbocycles. The van der Waals surface area contributed by atoms with Crippen LogP contribution in [0.2, 0.25) is 5.02 Å². The van der Waals surface area contributed by atoms with E-state index in [1.807, 2.05) is 18.2 Å². The van der Waals surface area contributed by atoms with Crippen LogP contribution in [0.4, 0.5) is 5.69 Å². The van der Waals surface area contributed by atoms with E-state index in [-0.39, 0.29) is 18.5 Å². The van der Waals surface area contributed by atoms with Crippen molar-refractivity contribution in [1.29, 1.82) is 0 Å². The van der Waals surface area contributed by atoms with Crippen molar-refractivity contribution < 1.29 is 9.53 Å². The van der Waals surface area contributed by atoms with Gasteiger partial charge in [0.05, 0.1) is 13.2 Å². The molecule has 1 amide bonds. The predicted octanol–water partition coefficient (Wildman–Crippen LogP) is 0.874. The normalized spacial score (nSPS) is 20.3. The van der Waals surface area contributed by atoms with Gasteiger partial charge in [-0.25, -0.2) is 4.99 Å². The van der Waals surface area contributed by atoms with Crippen LogP contribution in [0.25, 0.3) is 0 Å². The van der Waals surface area contributed by atoms with Gasteiger partial charge in [-0.15, -0.1) is 0 Å². The lowest BCUT2D eigenvalue weighted by Crippen LogP contribution is -2.48. The Labute approximate surface area is 184 Å². The molecule has 0 bridgehead atoms. The molecule has 166 valence electrons. The molecule has 2 aliphatic heterocycles. The third-order valence-electron chi connectivity index (χ3n) is 5.40. The number of nitrogens with one attached hydrogen (secondary N) is 2. The van der Waals surface area contributed by atoms with Gasteiger partial charge in [-0.1, -0.05) is 17.7 Å². The van der Waals surface area contributed by atoms with E-state index in [1.54, 1.807) is 19.0 Å².